The van der Waals surface area contributed by atoms with Crippen LogP contribution in [0.3, 0.4) is 0 Å². The monoisotopic (exact) mass is 285 g/mol. The number of nitrogens with one attached hydrogen (secondary N) is 1. The third-order valence-electron chi connectivity index (χ3n) is 5.63. The smallest absolute Gasteiger partial charge is 0.339 e. The SMILES string of the molecule is COC(=O)c1ccccc1NC(=O)C1C2C3CCC(C3)C12. The molecule has 1 aromatic carbocycles. The summed E-state index contributed by atoms with van der Waals surface area (Å²) in [7, 11) is 1.35. The molecule has 1 amide bonds. The van der Waals surface area contributed by atoms with Gasteiger partial charge in [0, 0.05) is 5.92 Å². The number of anilines is 1. The van der Waals surface area contributed by atoms with Crippen LogP contribution >= 0.6 is 0 Å². The second kappa shape index (κ2) is 4.58. The van der Waals surface area contributed by atoms with Crippen molar-refractivity contribution in [2.24, 2.45) is 29.6 Å². The molecule has 3 aliphatic rings. The van der Waals surface area contributed by atoms with Gasteiger partial charge in [0.2, 0.25) is 5.91 Å². The first kappa shape index (κ1) is 12.9. The maximum absolute atomic E-state index is 12.5. The Morgan fingerprint density at radius 2 is 1.81 bits per heavy atom. The van der Waals surface area contributed by atoms with E-state index in [0.717, 1.165) is 11.8 Å². The van der Waals surface area contributed by atoms with Crippen molar-refractivity contribution in [2.75, 3.05) is 12.4 Å². The lowest BCUT2D eigenvalue weighted by molar-refractivity contribution is -0.118. The van der Waals surface area contributed by atoms with Gasteiger partial charge in [-0.15, -0.1) is 0 Å². The maximum Gasteiger partial charge on any atom is 0.339 e. The second-order valence-corrected chi connectivity index (χ2v) is 6.54. The minimum Gasteiger partial charge on any atom is -0.465 e. The van der Waals surface area contributed by atoms with E-state index >= 15 is 0 Å². The maximum atomic E-state index is 12.5. The number of hydrogen-bond acceptors (Lipinski definition) is 3. The first-order chi connectivity index (χ1) is 10.2. The summed E-state index contributed by atoms with van der Waals surface area (Å²) in [5.74, 6) is 2.59. The average Bonchev–Trinajstić information content (AvgIpc) is 2.96. The van der Waals surface area contributed by atoms with Gasteiger partial charge in [0.25, 0.3) is 0 Å². The predicted octanol–water partition coefficient (Wildman–Crippen LogP) is 2.70. The molecule has 21 heavy (non-hydrogen) atoms. The number of amides is 1. The molecule has 4 heteroatoms. The summed E-state index contributed by atoms with van der Waals surface area (Å²) in [5.41, 5.74) is 0.980. The standard InChI is InChI=1S/C17H19NO3/c1-21-17(20)11-4-2-3-5-12(11)18-16(19)15-13-9-6-7-10(8-9)14(13)15/h2-5,9-10,13-15H,6-8H2,1H3,(H,18,19). The molecule has 4 atom stereocenters. The van der Waals surface area contributed by atoms with E-state index in [9.17, 15) is 9.59 Å². The molecule has 3 aliphatic carbocycles. The number of rotatable bonds is 3. The molecule has 4 nitrogen and oxygen atoms in total. The van der Waals surface area contributed by atoms with Crippen molar-refractivity contribution < 1.29 is 14.3 Å². The normalized spacial score (nSPS) is 35.2. The Labute approximate surface area is 123 Å². The minimum absolute atomic E-state index is 0.0814. The molecule has 1 N–H and O–H groups in total. The molecule has 0 heterocycles. The number of carbonyl (C=O) groups is 2. The number of esters is 1. The summed E-state index contributed by atoms with van der Waals surface area (Å²) in [4.78, 5) is 24.2. The summed E-state index contributed by atoms with van der Waals surface area (Å²) < 4.78 is 4.76. The summed E-state index contributed by atoms with van der Waals surface area (Å²) in [6, 6.07) is 7.03. The Morgan fingerprint density at radius 1 is 1.14 bits per heavy atom. The lowest BCUT2D eigenvalue weighted by Crippen LogP contribution is -2.20. The summed E-state index contributed by atoms with van der Waals surface area (Å²) in [6.07, 6.45) is 3.93. The van der Waals surface area contributed by atoms with Crippen LogP contribution < -0.4 is 5.32 Å². The van der Waals surface area contributed by atoms with Gasteiger partial charge in [-0.3, -0.25) is 4.79 Å². The summed E-state index contributed by atoms with van der Waals surface area (Å²) in [6.45, 7) is 0. The van der Waals surface area contributed by atoms with E-state index in [1.165, 1.54) is 26.4 Å². The lowest BCUT2D eigenvalue weighted by Gasteiger charge is -2.12. The number of hydrogen-bond donors (Lipinski definition) is 1. The molecule has 2 bridgehead atoms. The Balaban J connectivity index is 1.50. The number of ether oxygens (including phenoxy) is 1. The number of fused-ring (bicyclic) bond motifs is 5. The second-order valence-electron chi connectivity index (χ2n) is 6.54. The zero-order valence-corrected chi connectivity index (χ0v) is 12.0. The third kappa shape index (κ3) is 1.88. The molecular formula is C17H19NO3. The largest absolute Gasteiger partial charge is 0.465 e. The Kier molecular flexibility index (Phi) is 2.81. The van der Waals surface area contributed by atoms with Crippen LogP contribution in [-0.4, -0.2) is 19.0 Å². The van der Waals surface area contributed by atoms with Crippen LogP contribution in [0, 0.1) is 29.6 Å². The van der Waals surface area contributed by atoms with E-state index in [-0.39, 0.29) is 11.8 Å². The molecular weight excluding hydrogens is 266 g/mol. The van der Waals surface area contributed by atoms with Gasteiger partial charge < -0.3 is 10.1 Å². The highest BCUT2D eigenvalue weighted by Crippen LogP contribution is 2.69. The van der Waals surface area contributed by atoms with E-state index in [4.69, 9.17) is 4.74 Å². The van der Waals surface area contributed by atoms with E-state index < -0.39 is 5.97 Å². The molecule has 0 aliphatic heterocycles. The topological polar surface area (TPSA) is 55.4 Å². The molecule has 4 unspecified atom stereocenters. The molecule has 4 rings (SSSR count). The highest BCUT2D eigenvalue weighted by Gasteiger charge is 2.67. The molecule has 0 saturated heterocycles. The fraction of sp³-hybridized carbons (Fsp3) is 0.529. The van der Waals surface area contributed by atoms with Crippen molar-refractivity contribution in [3.8, 4) is 0 Å². The summed E-state index contributed by atoms with van der Waals surface area (Å²) in [5, 5.41) is 2.95. The Bertz CT molecular complexity index is 596. The molecule has 0 spiro atoms. The van der Waals surface area contributed by atoms with Crippen molar-refractivity contribution in [2.45, 2.75) is 19.3 Å². The zero-order valence-electron chi connectivity index (χ0n) is 12.0. The molecule has 1 aromatic rings. The van der Waals surface area contributed by atoms with E-state index in [2.05, 4.69) is 5.32 Å². The highest BCUT2D eigenvalue weighted by atomic mass is 16.5. The highest BCUT2D eigenvalue weighted by molar-refractivity contribution is 6.02. The van der Waals surface area contributed by atoms with Crippen molar-refractivity contribution in [1.29, 1.82) is 0 Å². The van der Waals surface area contributed by atoms with Gasteiger partial charge in [-0.1, -0.05) is 12.1 Å². The quantitative estimate of drug-likeness (QED) is 0.869. The Morgan fingerprint density at radius 3 is 2.48 bits per heavy atom. The lowest BCUT2D eigenvalue weighted by atomic mass is 10.0. The molecule has 0 radical (unpaired) electrons. The minimum atomic E-state index is -0.415. The van der Waals surface area contributed by atoms with Gasteiger partial charge in [-0.2, -0.15) is 0 Å². The first-order valence-electron chi connectivity index (χ1n) is 7.69. The van der Waals surface area contributed by atoms with Crippen LogP contribution in [0.2, 0.25) is 0 Å². The van der Waals surface area contributed by atoms with Crippen molar-refractivity contribution >= 4 is 17.6 Å². The van der Waals surface area contributed by atoms with Crippen LogP contribution in [-0.2, 0) is 9.53 Å². The summed E-state index contributed by atoms with van der Waals surface area (Å²) >= 11 is 0. The van der Waals surface area contributed by atoms with Gasteiger partial charge in [0.15, 0.2) is 0 Å². The van der Waals surface area contributed by atoms with Gasteiger partial charge >= 0.3 is 5.97 Å². The van der Waals surface area contributed by atoms with Crippen molar-refractivity contribution in [1.82, 2.24) is 0 Å². The van der Waals surface area contributed by atoms with Crippen LogP contribution in [0.15, 0.2) is 24.3 Å². The fourth-order valence-corrected chi connectivity index (χ4v) is 4.77. The molecule has 0 aromatic heterocycles. The number of methoxy groups -OCH3 is 1. The molecule has 3 saturated carbocycles. The number of carbonyl (C=O) groups excluding carboxylic acids is 2. The number of benzene rings is 1. The number of para-hydroxylation sites is 1. The van der Waals surface area contributed by atoms with Gasteiger partial charge in [0.05, 0.1) is 18.4 Å². The Hall–Kier alpha value is -1.84. The van der Waals surface area contributed by atoms with E-state index in [1.54, 1.807) is 18.2 Å². The van der Waals surface area contributed by atoms with Crippen LogP contribution in [0.4, 0.5) is 5.69 Å². The zero-order chi connectivity index (χ0) is 14.6. The van der Waals surface area contributed by atoms with Crippen molar-refractivity contribution in [3.63, 3.8) is 0 Å². The fourth-order valence-electron chi connectivity index (χ4n) is 4.77. The molecule has 110 valence electrons. The van der Waals surface area contributed by atoms with Crippen LogP contribution in [0.1, 0.15) is 29.6 Å². The van der Waals surface area contributed by atoms with Gasteiger partial charge in [0.1, 0.15) is 0 Å². The van der Waals surface area contributed by atoms with Gasteiger partial charge in [-0.25, -0.2) is 4.79 Å². The first-order valence-corrected chi connectivity index (χ1v) is 7.69. The van der Waals surface area contributed by atoms with Crippen LogP contribution in [0.25, 0.3) is 0 Å². The van der Waals surface area contributed by atoms with Crippen molar-refractivity contribution in [3.05, 3.63) is 29.8 Å². The van der Waals surface area contributed by atoms with E-state index in [1.807, 2.05) is 6.07 Å². The predicted molar refractivity (Wildman–Crippen MR) is 77.7 cm³/mol. The van der Waals surface area contributed by atoms with Crippen LogP contribution in [0.5, 0.6) is 0 Å². The molecule has 3 fully saturated rings. The third-order valence-corrected chi connectivity index (χ3v) is 5.63. The van der Waals surface area contributed by atoms with Gasteiger partial charge in [-0.05, 0) is 55.1 Å². The average molecular weight is 285 g/mol. The van der Waals surface area contributed by atoms with E-state index in [0.29, 0.717) is 23.1 Å².